The van der Waals surface area contributed by atoms with E-state index in [0.29, 0.717) is 31.1 Å². The van der Waals surface area contributed by atoms with Crippen molar-refractivity contribution < 1.29 is 9.47 Å². The molecule has 0 radical (unpaired) electrons. The van der Waals surface area contributed by atoms with Gasteiger partial charge in [0.2, 0.25) is 17.8 Å². The summed E-state index contributed by atoms with van der Waals surface area (Å²) >= 11 is 0. The molecule has 1 saturated heterocycles. The monoisotopic (exact) mass is 406 g/mol. The summed E-state index contributed by atoms with van der Waals surface area (Å²) in [6.45, 7) is 4.94. The van der Waals surface area contributed by atoms with E-state index in [2.05, 4.69) is 43.5 Å². The average Bonchev–Trinajstić information content (AvgIpc) is 2.80. The van der Waals surface area contributed by atoms with Crippen molar-refractivity contribution in [2.45, 2.75) is 13.3 Å². The second-order valence-corrected chi connectivity index (χ2v) is 6.87. The molecular weight excluding hydrogens is 380 g/mol. The minimum absolute atomic E-state index is 0.480. The van der Waals surface area contributed by atoms with E-state index in [9.17, 15) is 0 Å². The SMILES string of the molecule is CCc1ccccc1Nc1nc(Nc2ccc(OC)cc2)nc(N2CCOCC2)n1. The van der Waals surface area contributed by atoms with Crippen LogP contribution in [0.15, 0.2) is 48.5 Å². The molecule has 1 fully saturated rings. The summed E-state index contributed by atoms with van der Waals surface area (Å²) in [4.78, 5) is 16.0. The fourth-order valence-corrected chi connectivity index (χ4v) is 3.26. The van der Waals surface area contributed by atoms with Crippen LogP contribution in [-0.4, -0.2) is 48.4 Å². The fraction of sp³-hybridized carbons (Fsp3) is 0.318. The molecule has 1 aliphatic heterocycles. The Morgan fingerprint density at radius 3 is 2.33 bits per heavy atom. The lowest BCUT2D eigenvalue weighted by Crippen LogP contribution is -2.37. The first-order valence-electron chi connectivity index (χ1n) is 10.1. The number of morpholine rings is 1. The van der Waals surface area contributed by atoms with E-state index in [1.807, 2.05) is 42.5 Å². The third kappa shape index (κ3) is 4.77. The first-order chi connectivity index (χ1) is 14.7. The van der Waals surface area contributed by atoms with E-state index in [1.165, 1.54) is 5.56 Å². The van der Waals surface area contributed by atoms with E-state index < -0.39 is 0 Å². The first kappa shape index (κ1) is 19.9. The van der Waals surface area contributed by atoms with Crippen LogP contribution in [-0.2, 0) is 11.2 Å². The molecule has 0 unspecified atom stereocenters. The lowest BCUT2D eigenvalue weighted by Gasteiger charge is -2.27. The number of rotatable bonds is 7. The van der Waals surface area contributed by atoms with Gasteiger partial charge < -0.3 is 25.0 Å². The van der Waals surface area contributed by atoms with Gasteiger partial charge in [0.05, 0.1) is 20.3 Å². The third-order valence-electron chi connectivity index (χ3n) is 4.91. The summed E-state index contributed by atoms with van der Waals surface area (Å²) in [5.74, 6) is 2.40. The maximum Gasteiger partial charge on any atom is 0.233 e. The molecule has 0 aliphatic carbocycles. The number of para-hydroxylation sites is 1. The second kappa shape index (κ2) is 9.41. The maximum absolute atomic E-state index is 5.47. The van der Waals surface area contributed by atoms with Gasteiger partial charge in [0.1, 0.15) is 5.75 Å². The number of hydrogen-bond acceptors (Lipinski definition) is 8. The molecule has 8 heteroatoms. The Bertz CT molecular complexity index is 974. The van der Waals surface area contributed by atoms with Crippen LogP contribution < -0.4 is 20.3 Å². The number of ether oxygens (including phenoxy) is 2. The number of benzene rings is 2. The second-order valence-electron chi connectivity index (χ2n) is 6.87. The minimum atomic E-state index is 0.480. The van der Waals surface area contributed by atoms with Crippen molar-refractivity contribution in [2.75, 3.05) is 48.9 Å². The number of methoxy groups -OCH3 is 1. The standard InChI is InChI=1S/C22H26N6O2/c1-3-16-6-4-5-7-19(16)24-21-25-20(23-17-8-10-18(29-2)11-9-17)26-22(27-21)28-12-14-30-15-13-28/h4-11H,3,12-15H2,1-2H3,(H2,23,24,25,26,27). The lowest BCUT2D eigenvalue weighted by molar-refractivity contribution is 0.122. The van der Waals surface area contributed by atoms with E-state index in [0.717, 1.165) is 36.6 Å². The Hall–Kier alpha value is -3.39. The summed E-state index contributed by atoms with van der Waals surface area (Å²) in [5.41, 5.74) is 3.07. The molecule has 2 aromatic carbocycles. The molecule has 2 heterocycles. The van der Waals surface area contributed by atoms with Crippen LogP contribution >= 0.6 is 0 Å². The predicted octanol–water partition coefficient (Wildman–Crippen LogP) is 3.77. The van der Waals surface area contributed by atoms with Gasteiger partial charge >= 0.3 is 0 Å². The summed E-state index contributed by atoms with van der Waals surface area (Å²) in [6.07, 6.45) is 0.918. The van der Waals surface area contributed by atoms with Crippen LogP contribution in [0.1, 0.15) is 12.5 Å². The zero-order valence-corrected chi connectivity index (χ0v) is 17.3. The van der Waals surface area contributed by atoms with Crippen LogP contribution in [0.4, 0.5) is 29.2 Å². The van der Waals surface area contributed by atoms with Gasteiger partial charge in [-0.3, -0.25) is 0 Å². The molecule has 1 aromatic heterocycles. The number of aryl methyl sites for hydroxylation is 1. The third-order valence-corrected chi connectivity index (χ3v) is 4.91. The topological polar surface area (TPSA) is 84.4 Å². The fourth-order valence-electron chi connectivity index (χ4n) is 3.26. The summed E-state index contributed by atoms with van der Waals surface area (Å²) in [6, 6.07) is 15.8. The summed E-state index contributed by atoms with van der Waals surface area (Å²) in [5, 5.41) is 6.64. The van der Waals surface area contributed by atoms with Gasteiger partial charge in [-0.05, 0) is 42.3 Å². The highest BCUT2D eigenvalue weighted by atomic mass is 16.5. The molecule has 0 amide bonds. The zero-order valence-electron chi connectivity index (χ0n) is 17.3. The van der Waals surface area contributed by atoms with Crippen LogP contribution in [0.5, 0.6) is 5.75 Å². The van der Waals surface area contributed by atoms with Crippen molar-refractivity contribution in [3.05, 3.63) is 54.1 Å². The average molecular weight is 406 g/mol. The normalized spacial score (nSPS) is 13.7. The van der Waals surface area contributed by atoms with E-state index in [1.54, 1.807) is 7.11 Å². The van der Waals surface area contributed by atoms with Crippen LogP contribution in [0.3, 0.4) is 0 Å². The number of nitrogens with one attached hydrogen (secondary N) is 2. The molecule has 0 atom stereocenters. The van der Waals surface area contributed by atoms with Gasteiger partial charge in [-0.2, -0.15) is 15.0 Å². The highest BCUT2D eigenvalue weighted by Gasteiger charge is 2.17. The van der Waals surface area contributed by atoms with Crippen LogP contribution in [0.2, 0.25) is 0 Å². The Morgan fingerprint density at radius 1 is 0.933 bits per heavy atom. The zero-order chi connectivity index (χ0) is 20.8. The maximum atomic E-state index is 5.47. The van der Waals surface area contributed by atoms with Crippen LogP contribution in [0, 0.1) is 0 Å². The Kier molecular flexibility index (Phi) is 6.24. The largest absolute Gasteiger partial charge is 0.497 e. The van der Waals surface area contributed by atoms with Crippen molar-refractivity contribution >= 4 is 29.2 Å². The van der Waals surface area contributed by atoms with Gasteiger partial charge in [0.15, 0.2) is 0 Å². The Morgan fingerprint density at radius 2 is 1.63 bits per heavy atom. The quantitative estimate of drug-likeness (QED) is 0.613. The molecular formula is C22H26N6O2. The van der Waals surface area contributed by atoms with E-state index >= 15 is 0 Å². The van der Waals surface area contributed by atoms with E-state index in [-0.39, 0.29) is 0 Å². The molecule has 156 valence electrons. The lowest BCUT2D eigenvalue weighted by atomic mass is 10.1. The molecule has 0 bridgehead atoms. The van der Waals surface area contributed by atoms with Crippen molar-refractivity contribution in [1.29, 1.82) is 0 Å². The molecule has 1 aliphatic rings. The highest BCUT2D eigenvalue weighted by molar-refractivity contribution is 5.62. The minimum Gasteiger partial charge on any atom is -0.497 e. The first-order valence-corrected chi connectivity index (χ1v) is 10.1. The number of anilines is 5. The number of aromatic nitrogens is 3. The van der Waals surface area contributed by atoms with Gasteiger partial charge in [-0.1, -0.05) is 25.1 Å². The van der Waals surface area contributed by atoms with Gasteiger partial charge in [-0.25, -0.2) is 0 Å². The summed E-state index contributed by atoms with van der Waals surface area (Å²) in [7, 11) is 1.65. The van der Waals surface area contributed by atoms with Crippen molar-refractivity contribution in [3.8, 4) is 5.75 Å². The molecule has 0 spiro atoms. The van der Waals surface area contributed by atoms with Gasteiger partial charge in [-0.15, -0.1) is 0 Å². The Labute approximate surface area is 176 Å². The van der Waals surface area contributed by atoms with Crippen molar-refractivity contribution in [1.82, 2.24) is 15.0 Å². The van der Waals surface area contributed by atoms with E-state index in [4.69, 9.17) is 9.47 Å². The van der Waals surface area contributed by atoms with Gasteiger partial charge in [0.25, 0.3) is 0 Å². The number of nitrogens with zero attached hydrogens (tertiary/aromatic N) is 4. The molecule has 8 nitrogen and oxygen atoms in total. The molecule has 2 N–H and O–H groups in total. The smallest absolute Gasteiger partial charge is 0.233 e. The molecule has 4 rings (SSSR count). The van der Waals surface area contributed by atoms with Gasteiger partial charge in [0, 0.05) is 24.5 Å². The molecule has 3 aromatic rings. The number of hydrogen-bond donors (Lipinski definition) is 2. The predicted molar refractivity (Wildman–Crippen MR) is 118 cm³/mol. The highest BCUT2D eigenvalue weighted by Crippen LogP contribution is 2.24. The van der Waals surface area contributed by atoms with Crippen LogP contribution in [0.25, 0.3) is 0 Å². The Balaban J connectivity index is 1.64. The van der Waals surface area contributed by atoms with Crippen molar-refractivity contribution in [2.24, 2.45) is 0 Å². The molecule has 30 heavy (non-hydrogen) atoms. The summed E-state index contributed by atoms with van der Waals surface area (Å²) < 4.78 is 10.7. The van der Waals surface area contributed by atoms with Crippen molar-refractivity contribution in [3.63, 3.8) is 0 Å². The molecule has 0 saturated carbocycles.